The number of hydrogen-bond donors (Lipinski definition) is 2. The number of carbonyl (C=O) groups excluding carboxylic acids is 1. The number of nitrogens with one attached hydrogen (secondary N) is 1. The van der Waals surface area contributed by atoms with Crippen LogP contribution in [0.3, 0.4) is 0 Å². The Labute approximate surface area is 85.8 Å². The molecule has 0 bridgehead atoms. The van der Waals surface area contributed by atoms with E-state index in [0.717, 1.165) is 26.1 Å². The van der Waals surface area contributed by atoms with Crippen LogP contribution in [0.25, 0.3) is 0 Å². The molecule has 1 saturated heterocycles. The number of amides is 1. The maximum atomic E-state index is 11.0. The zero-order valence-corrected chi connectivity index (χ0v) is 8.96. The molecule has 3 N–H and O–H groups in total. The molecule has 0 radical (unpaired) electrons. The molecule has 1 heterocycles. The maximum Gasteiger partial charge on any atom is 0.219 e. The molecule has 4 nitrogen and oxygen atoms in total. The second-order valence-corrected chi connectivity index (χ2v) is 3.84. The van der Waals surface area contributed by atoms with Crippen molar-refractivity contribution < 1.29 is 4.79 Å². The van der Waals surface area contributed by atoms with Crippen molar-refractivity contribution in [2.75, 3.05) is 26.7 Å². The van der Waals surface area contributed by atoms with Gasteiger partial charge < -0.3 is 11.1 Å². The van der Waals surface area contributed by atoms with Crippen molar-refractivity contribution in [1.29, 1.82) is 0 Å². The lowest BCUT2D eigenvalue weighted by Gasteiger charge is -2.22. The van der Waals surface area contributed by atoms with Gasteiger partial charge in [0.05, 0.1) is 0 Å². The van der Waals surface area contributed by atoms with E-state index in [0.29, 0.717) is 12.5 Å². The third kappa shape index (κ3) is 3.27. The minimum atomic E-state index is 0.133. The summed E-state index contributed by atoms with van der Waals surface area (Å²) in [5.74, 6) is 0.133. The second kappa shape index (κ2) is 5.98. The van der Waals surface area contributed by atoms with Gasteiger partial charge in [-0.1, -0.05) is 0 Å². The SMILES string of the molecule is CNC(=O)CCCN1CCCC1CN. The standard InChI is InChI=1S/C10H21N3O/c1-12-10(14)5-3-7-13-6-2-4-9(13)8-11/h9H,2-8,11H2,1H3,(H,12,14). The van der Waals surface area contributed by atoms with Crippen LogP contribution in [0.2, 0.25) is 0 Å². The Kier molecular flexibility index (Phi) is 4.90. The van der Waals surface area contributed by atoms with Gasteiger partial charge in [-0.3, -0.25) is 9.69 Å². The lowest BCUT2D eigenvalue weighted by molar-refractivity contribution is -0.120. The van der Waals surface area contributed by atoms with E-state index >= 15 is 0 Å². The maximum absolute atomic E-state index is 11.0. The Morgan fingerprint density at radius 1 is 1.64 bits per heavy atom. The largest absolute Gasteiger partial charge is 0.359 e. The molecule has 1 fully saturated rings. The molecule has 1 unspecified atom stereocenters. The zero-order valence-electron chi connectivity index (χ0n) is 8.96. The van der Waals surface area contributed by atoms with Crippen LogP contribution >= 0.6 is 0 Å². The number of rotatable bonds is 5. The normalized spacial score (nSPS) is 22.6. The molecule has 0 saturated carbocycles. The summed E-state index contributed by atoms with van der Waals surface area (Å²) in [5.41, 5.74) is 5.66. The highest BCUT2D eigenvalue weighted by atomic mass is 16.1. The minimum absolute atomic E-state index is 0.133. The minimum Gasteiger partial charge on any atom is -0.359 e. The summed E-state index contributed by atoms with van der Waals surface area (Å²) >= 11 is 0. The first-order valence-corrected chi connectivity index (χ1v) is 5.42. The molecular weight excluding hydrogens is 178 g/mol. The molecule has 0 aromatic rings. The van der Waals surface area contributed by atoms with Crippen molar-refractivity contribution >= 4 is 5.91 Å². The molecule has 0 aliphatic carbocycles. The highest BCUT2D eigenvalue weighted by Crippen LogP contribution is 2.16. The summed E-state index contributed by atoms with van der Waals surface area (Å²) < 4.78 is 0. The highest BCUT2D eigenvalue weighted by Gasteiger charge is 2.22. The summed E-state index contributed by atoms with van der Waals surface area (Å²) in [7, 11) is 1.68. The van der Waals surface area contributed by atoms with Gasteiger partial charge in [0.15, 0.2) is 0 Å². The smallest absolute Gasteiger partial charge is 0.219 e. The van der Waals surface area contributed by atoms with Gasteiger partial charge in [0.25, 0.3) is 0 Å². The third-order valence-corrected chi connectivity index (χ3v) is 2.90. The Morgan fingerprint density at radius 3 is 3.07 bits per heavy atom. The molecule has 1 atom stereocenters. The first-order valence-electron chi connectivity index (χ1n) is 5.42. The summed E-state index contributed by atoms with van der Waals surface area (Å²) in [4.78, 5) is 13.4. The van der Waals surface area contributed by atoms with Crippen molar-refractivity contribution in [3.63, 3.8) is 0 Å². The summed E-state index contributed by atoms with van der Waals surface area (Å²) in [6, 6.07) is 0.555. The van der Waals surface area contributed by atoms with Gasteiger partial charge in [-0.2, -0.15) is 0 Å². The van der Waals surface area contributed by atoms with Gasteiger partial charge >= 0.3 is 0 Å². The van der Waals surface area contributed by atoms with Crippen LogP contribution in [0.4, 0.5) is 0 Å². The van der Waals surface area contributed by atoms with E-state index in [9.17, 15) is 4.79 Å². The van der Waals surface area contributed by atoms with E-state index < -0.39 is 0 Å². The van der Waals surface area contributed by atoms with Crippen LogP contribution in [0, 0.1) is 0 Å². The van der Waals surface area contributed by atoms with Crippen molar-refractivity contribution in [2.45, 2.75) is 31.7 Å². The number of nitrogens with two attached hydrogens (primary N) is 1. The number of carbonyl (C=O) groups is 1. The van der Waals surface area contributed by atoms with Gasteiger partial charge in [0.2, 0.25) is 5.91 Å². The lowest BCUT2D eigenvalue weighted by Crippen LogP contribution is -2.36. The number of hydrogen-bond acceptors (Lipinski definition) is 3. The molecule has 0 aromatic carbocycles. The molecule has 1 aliphatic heterocycles. The van der Waals surface area contributed by atoms with E-state index in [-0.39, 0.29) is 5.91 Å². The Hall–Kier alpha value is -0.610. The van der Waals surface area contributed by atoms with Crippen LogP contribution in [0.5, 0.6) is 0 Å². The second-order valence-electron chi connectivity index (χ2n) is 3.84. The third-order valence-electron chi connectivity index (χ3n) is 2.90. The van der Waals surface area contributed by atoms with Crippen LogP contribution in [-0.4, -0.2) is 43.5 Å². The van der Waals surface area contributed by atoms with Crippen molar-refractivity contribution in [2.24, 2.45) is 5.73 Å². The highest BCUT2D eigenvalue weighted by molar-refractivity contribution is 5.75. The molecule has 1 amide bonds. The number of likely N-dealkylation sites (tertiary alicyclic amines) is 1. The van der Waals surface area contributed by atoms with E-state index in [2.05, 4.69) is 10.2 Å². The molecule has 1 rings (SSSR count). The topological polar surface area (TPSA) is 58.4 Å². The van der Waals surface area contributed by atoms with E-state index in [1.165, 1.54) is 12.8 Å². The van der Waals surface area contributed by atoms with Crippen LogP contribution in [-0.2, 0) is 4.79 Å². The quantitative estimate of drug-likeness (QED) is 0.652. The molecule has 14 heavy (non-hydrogen) atoms. The Bertz CT molecular complexity index is 184. The number of nitrogens with zero attached hydrogens (tertiary/aromatic N) is 1. The van der Waals surface area contributed by atoms with E-state index in [1.807, 2.05) is 0 Å². The van der Waals surface area contributed by atoms with E-state index in [4.69, 9.17) is 5.73 Å². The average Bonchev–Trinajstić information content (AvgIpc) is 2.65. The Balaban J connectivity index is 2.14. The van der Waals surface area contributed by atoms with Gasteiger partial charge in [-0.05, 0) is 32.4 Å². The molecular formula is C10H21N3O. The summed E-state index contributed by atoms with van der Waals surface area (Å²) in [6.07, 6.45) is 4.04. The van der Waals surface area contributed by atoms with Gasteiger partial charge in [0.1, 0.15) is 0 Å². The fraction of sp³-hybridized carbons (Fsp3) is 0.900. The summed E-state index contributed by atoms with van der Waals surface area (Å²) in [5, 5.41) is 2.63. The predicted molar refractivity (Wildman–Crippen MR) is 57.0 cm³/mol. The molecule has 4 heteroatoms. The summed E-state index contributed by atoms with van der Waals surface area (Å²) in [6.45, 7) is 2.91. The predicted octanol–water partition coefficient (Wildman–Crippen LogP) is -0.0643. The van der Waals surface area contributed by atoms with Gasteiger partial charge in [-0.15, -0.1) is 0 Å². The van der Waals surface area contributed by atoms with Crippen molar-refractivity contribution in [3.8, 4) is 0 Å². The van der Waals surface area contributed by atoms with Crippen LogP contribution in [0.15, 0.2) is 0 Å². The Morgan fingerprint density at radius 2 is 2.43 bits per heavy atom. The van der Waals surface area contributed by atoms with Gasteiger partial charge in [0, 0.05) is 26.1 Å². The molecule has 82 valence electrons. The fourth-order valence-corrected chi connectivity index (χ4v) is 2.02. The monoisotopic (exact) mass is 199 g/mol. The van der Waals surface area contributed by atoms with Crippen LogP contribution in [0.1, 0.15) is 25.7 Å². The molecule has 1 aliphatic rings. The zero-order chi connectivity index (χ0) is 10.4. The first kappa shape index (κ1) is 11.5. The van der Waals surface area contributed by atoms with Gasteiger partial charge in [-0.25, -0.2) is 0 Å². The van der Waals surface area contributed by atoms with E-state index in [1.54, 1.807) is 7.05 Å². The molecule has 0 spiro atoms. The van der Waals surface area contributed by atoms with Crippen molar-refractivity contribution in [3.05, 3.63) is 0 Å². The molecule has 0 aromatic heterocycles. The van der Waals surface area contributed by atoms with Crippen molar-refractivity contribution in [1.82, 2.24) is 10.2 Å². The lowest BCUT2D eigenvalue weighted by atomic mass is 10.2. The van der Waals surface area contributed by atoms with Crippen LogP contribution < -0.4 is 11.1 Å². The average molecular weight is 199 g/mol. The fourth-order valence-electron chi connectivity index (χ4n) is 2.02. The first-order chi connectivity index (χ1) is 6.77.